The zero-order chi connectivity index (χ0) is 15.4. The van der Waals surface area contributed by atoms with Gasteiger partial charge in [0.1, 0.15) is 0 Å². The van der Waals surface area contributed by atoms with E-state index in [1.165, 1.54) is 6.21 Å². The number of aliphatic hydroxyl groups excluding tert-OH is 1. The molecular weight excluding hydrogens is 282 g/mol. The maximum atomic E-state index is 10.4. The summed E-state index contributed by atoms with van der Waals surface area (Å²) in [6.45, 7) is 4.35. The summed E-state index contributed by atoms with van der Waals surface area (Å²) in [5.41, 5.74) is 1.87. The number of oxime groups is 1. The van der Waals surface area contributed by atoms with Crippen LogP contribution in [0.2, 0.25) is 0 Å². The van der Waals surface area contributed by atoms with Crippen molar-refractivity contribution in [1.29, 1.82) is 0 Å². The lowest BCUT2D eigenvalue weighted by molar-refractivity contribution is 0.0117. The van der Waals surface area contributed by atoms with Crippen LogP contribution in [-0.2, 0) is 11.3 Å². The van der Waals surface area contributed by atoms with Crippen LogP contribution in [0, 0.1) is 0 Å². The first-order valence-electron chi connectivity index (χ1n) is 7.51. The number of nitrogens with zero attached hydrogens (tertiary/aromatic N) is 3. The van der Waals surface area contributed by atoms with E-state index in [0.717, 1.165) is 42.8 Å². The van der Waals surface area contributed by atoms with Gasteiger partial charge in [-0.1, -0.05) is 23.4 Å². The van der Waals surface area contributed by atoms with Crippen LogP contribution in [0.15, 0.2) is 35.6 Å². The Morgan fingerprint density at radius 2 is 2.00 bits per heavy atom. The molecule has 3 rings (SSSR count). The molecule has 0 bridgehead atoms. The van der Waals surface area contributed by atoms with Gasteiger partial charge in [0, 0.05) is 48.8 Å². The predicted octanol–water partition coefficient (Wildman–Crippen LogP) is 1.14. The third kappa shape index (κ3) is 3.30. The number of morpholine rings is 1. The van der Waals surface area contributed by atoms with Crippen LogP contribution < -0.4 is 0 Å². The van der Waals surface area contributed by atoms with E-state index in [-0.39, 0.29) is 0 Å². The number of benzene rings is 1. The highest BCUT2D eigenvalue weighted by molar-refractivity contribution is 5.99. The lowest BCUT2D eigenvalue weighted by Crippen LogP contribution is -2.41. The van der Waals surface area contributed by atoms with Gasteiger partial charge in [0.25, 0.3) is 0 Å². The van der Waals surface area contributed by atoms with Crippen molar-refractivity contribution in [3.8, 4) is 0 Å². The molecule has 0 radical (unpaired) electrons. The molecule has 22 heavy (non-hydrogen) atoms. The van der Waals surface area contributed by atoms with Gasteiger partial charge in [-0.25, -0.2) is 0 Å². The van der Waals surface area contributed by atoms with E-state index in [1.54, 1.807) is 0 Å². The van der Waals surface area contributed by atoms with Crippen LogP contribution in [0.3, 0.4) is 0 Å². The van der Waals surface area contributed by atoms with Gasteiger partial charge in [0.2, 0.25) is 0 Å². The lowest BCUT2D eigenvalue weighted by Gasteiger charge is -2.28. The number of ether oxygens (including phenoxy) is 1. The molecule has 1 fully saturated rings. The van der Waals surface area contributed by atoms with Gasteiger partial charge in [0.15, 0.2) is 0 Å². The highest BCUT2D eigenvalue weighted by Gasteiger charge is 2.16. The molecule has 0 amide bonds. The van der Waals surface area contributed by atoms with Gasteiger partial charge in [-0.3, -0.25) is 4.90 Å². The van der Waals surface area contributed by atoms with Gasteiger partial charge in [0.05, 0.1) is 25.5 Å². The predicted molar refractivity (Wildman–Crippen MR) is 84.6 cm³/mol. The molecule has 1 aliphatic rings. The van der Waals surface area contributed by atoms with Crippen molar-refractivity contribution in [2.75, 3.05) is 32.8 Å². The Kier molecular flexibility index (Phi) is 4.72. The third-order valence-corrected chi connectivity index (χ3v) is 4.00. The standard InChI is InChI=1S/C16H21N3O3/c20-14(11-18-5-7-22-8-6-18)12-19-10-13(9-17-21)15-3-1-2-4-16(15)19/h1-4,9-10,14,20-21H,5-8,11-12H2. The SMILES string of the molecule is ON=Cc1cn(CC(O)CN2CCOCC2)c2ccccc12. The molecule has 0 spiro atoms. The second-order valence-corrected chi connectivity index (χ2v) is 5.57. The summed E-state index contributed by atoms with van der Waals surface area (Å²) in [5.74, 6) is 0. The average molecular weight is 303 g/mol. The smallest absolute Gasteiger partial charge is 0.0845 e. The number of rotatable bonds is 5. The number of hydrogen-bond acceptors (Lipinski definition) is 5. The zero-order valence-electron chi connectivity index (χ0n) is 12.4. The molecule has 1 aliphatic heterocycles. The number of para-hydroxylation sites is 1. The summed E-state index contributed by atoms with van der Waals surface area (Å²) in [4.78, 5) is 2.22. The van der Waals surface area contributed by atoms with Crippen LogP contribution in [0.25, 0.3) is 10.9 Å². The Balaban J connectivity index is 1.75. The molecule has 6 heteroatoms. The van der Waals surface area contributed by atoms with Crippen molar-refractivity contribution in [1.82, 2.24) is 9.47 Å². The fraction of sp³-hybridized carbons (Fsp3) is 0.438. The molecule has 2 heterocycles. The molecule has 2 N–H and O–H groups in total. The molecule has 1 aromatic carbocycles. The van der Waals surface area contributed by atoms with Crippen molar-refractivity contribution < 1.29 is 15.1 Å². The van der Waals surface area contributed by atoms with E-state index >= 15 is 0 Å². The van der Waals surface area contributed by atoms with Crippen molar-refractivity contribution >= 4 is 17.1 Å². The summed E-state index contributed by atoms with van der Waals surface area (Å²) in [7, 11) is 0. The zero-order valence-corrected chi connectivity index (χ0v) is 12.4. The van der Waals surface area contributed by atoms with Crippen LogP contribution in [0.4, 0.5) is 0 Å². The third-order valence-electron chi connectivity index (χ3n) is 4.00. The maximum absolute atomic E-state index is 10.4. The minimum absolute atomic E-state index is 0.451. The van der Waals surface area contributed by atoms with E-state index in [1.807, 2.05) is 35.0 Å². The first kappa shape index (κ1) is 15.0. The van der Waals surface area contributed by atoms with E-state index in [9.17, 15) is 5.11 Å². The van der Waals surface area contributed by atoms with E-state index < -0.39 is 6.10 Å². The Morgan fingerprint density at radius 3 is 2.77 bits per heavy atom. The van der Waals surface area contributed by atoms with Crippen molar-refractivity contribution in [3.05, 3.63) is 36.0 Å². The van der Waals surface area contributed by atoms with Gasteiger partial charge < -0.3 is 19.6 Å². The second-order valence-electron chi connectivity index (χ2n) is 5.57. The first-order chi connectivity index (χ1) is 10.8. The van der Waals surface area contributed by atoms with E-state index in [2.05, 4.69) is 10.1 Å². The molecule has 1 unspecified atom stereocenters. The topological polar surface area (TPSA) is 70.2 Å². The van der Waals surface area contributed by atoms with Crippen molar-refractivity contribution in [2.24, 2.45) is 5.16 Å². The molecular formula is C16H21N3O3. The van der Waals surface area contributed by atoms with Gasteiger partial charge >= 0.3 is 0 Å². The second kappa shape index (κ2) is 6.91. The summed E-state index contributed by atoms with van der Waals surface area (Å²) in [5, 5.41) is 23.3. The quantitative estimate of drug-likeness (QED) is 0.494. The van der Waals surface area contributed by atoms with E-state index in [0.29, 0.717) is 13.1 Å². The molecule has 0 aliphatic carbocycles. The maximum Gasteiger partial charge on any atom is 0.0845 e. The molecule has 118 valence electrons. The number of β-amino-alcohol motifs (C(OH)–C–C–N with tert-alkyl or cyclic N) is 1. The van der Waals surface area contributed by atoms with Crippen LogP contribution in [0.5, 0.6) is 0 Å². The first-order valence-corrected chi connectivity index (χ1v) is 7.51. The van der Waals surface area contributed by atoms with Gasteiger partial charge in [-0.15, -0.1) is 0 Å². The van der Waals surface area contributed by atoms with Crippen LogP contribution >= 0.6 is 0 Å². The average Bonchev–Trinajstić information content (AvgIpc) is 2.87. The normalized spacial score (nSPS) is 18.2. The molecule has 0 saturated carbocycles. The molecule has 6 nitrogen and oxygen atoms in total. The lowest BCUT2D eigenvalue weighted by atomic mass is 10.2. The molecule has 2 aromatic rings. The Bertz CT molecular complexity index is 647. The van der Waals surface area contributed by atoms with Gasteiger partial charge in [-0.05, 0) is 6.07 Å². The van der Waals surface area contributed by atoms with E-state index in [4.69, 9.17) is 9.94 Å². The fourth-order valence-corrected chi connectivity index (χ4v) is 2.96. The number of aliphatic hydroxyl groups is 1. The largest absolute Gasteiger partial charge is 0.411 e. The number of fused-ring (bicyclic) bond motifs is 1. The van der Waals surface area contributed by atoms with Crippen LogP contribution in [0.1, 0.15) is 5.56 Å². The highest BCUT2D eigenvalue weighted by Crippen LogP contribution is 2.20. The fourth-order valence-electron chi connectivity index (χ4n) is 2.96. The Morgan fingerprint density at radius 1 is 1.23 bits per heavy atom. The minimum Gasteiger partial charge on any atom is -0.411 e. The molecule has 1 atom stereocenters. The summed E-state index contributed by atoms with van der Waals surface area (Å²) < 4.78 is 7.33. The Hall–Kier alpha value is -1.89. The van der Waals surface area contributed by atoms with Crippen molar-refractivity contribution in [2.45, 2.75) is 12.6 Å². The monoisotopic (exact) mass is 303 g/mol. The number of hydrogen-bond donors (Lipinski definition) is 2. The molecule has 1 saturated heterocycles. The number of aromatic nitrogens is 1. The summed E-state index contributed by atoms with van der Waals surface area (Å²) >= 11 is 0. The highest BCUT2D eigenvalue weighted by atomic mass is 16.5. The Labute approximate surface area is 129 Å². The van der Waals surface area contributed by atoms with Crippen molar-refractivity contribution in [3.63, 3.8) is 0 Å². The summed E-state index contributed by atoms with van der Waals surface area (Å²) in [6, 6.07) is 7.90. The van der Waals surface area contributed by atoms with Gasteiger partial charge in [-0.2, -0.15) is 0 Å². The van der Waals surface area contributed by atoms with Crippen LogP contribution in [-0.4, -0.2) is 64.9 Å². The summed E-state index contributed by atoms with van der Waals surface area (Å²) in [6.07, 6.45) is 2.88. The molecule has 1 aromatic heterocycles. The minimum atomic E-state index is -0.451.